The summed E-state index contributed by atoms with van der Waals surface area (Å²) in [4.78, 5) is 23.7. The van der Waals surface area contributed by atoms with Gasteiger partial charge in [0.05, 0.1) is 0 Å². The van der Waals surface area contributed by atoms with E-state index in [1.807, 2.05) is 0 Å². The van der Waals surface area contributed by atoms with Gasteiger partial charge in [-0.15, -0.1) is 0 Å². The van der Waals surface area contributed by atoms with Crippen LogP contribution < -0.4 is 11.5 Å². The maximum absolute atomic E-state index is 11.8. The van der Waals surface area contributed by atoms with Gasteiger partial charge < -0.3 is 26.4 Å². The summed E-state index contributed by atoms with van der Waals surface area (Å²) in [6, 6.07) is 7.52. The Kier molecular flexibility index (Phi) is 3.66. The summed E-state index contributed by atoms with van der Waals surface area (Å²) in [6.45, 7) is 0. The summed E-state index contributed by atoms with van der Waals surface area (Å²) >= 11 is 0. The van der Waals surface area contributed by atoms with Crippen LogP contribution in [0.4, 0.5) is 11.4 Å². The van der Waals surface area contributed by atoms with Crippen molar-refractivity contribution >= 4 is 23.3 Å². The molecular formula is C14H12N2O5. The van der Waals surface area contributed by atoms with Crippen LogP contribution in [0.2, 0.25) is 0 Å². The molecular weight excluding hydrogens is 276 g/mol. The lowest BCUT2D eigenvalue weighted by atomic mass is 10.1. The molecule has 21 heavy (non-hydrogen) atoms. The fraction of sp³-hybridized carbons (Fsp3) is 0. The summed E-state index contributed by atoms with van der Waals surface area (Å²) in [7, 11) is 0. The number of ether oxygens (including phenoxy) is 1. The fourth-order valence-corrected chi connectivity index (χ4v) is 1.63. The second-order valence-electron chi connectivity index (χ2n) is 4.23. The number of hydrogen-bond acceptors (Lipinski definition) is 7. The zero-order valence-corrected chi connectivity index (χ0v) is 10.7. The highest BCUT2D eigenvalue weighted by Gasteiger charge is 2.20. The first-order valence-electron chi connectivity index (χ1n) is 5.82. The molecule has 0 amide bonds. The molecule has 0 unspecified atom stereocenters. The zero-order valence-electron chi connectivity index (χ0n) is 10.7. The van der Waals surface area contributed by atoms with Crippen molar-refractivity contribution in [2.24, 2.45) is 0 Å². The predicted octanol–water partition coefficient (Wildman–Crippen LogP) is 1.26. The topological polar surface area (TPSA) is 136 Å². The van der Waals surface area contributed by atoms with Crippen LogP contribution in [0.3, 0.4) is 0 Å². The molecule has 0 bridgehead atoms. The van der Waals surface area contributed by atoms with Gasteiger partial charge in [-0.3, -0.25) is 0 Å². The lowest BCUT2D eigenvalue weighted by Gasteiger charge is -2.07. The number of hydrogen-bond donors (Lipinski definition) is 4. The van der Waals surface area contributed by atoms with Gasteiger partial charge in [0.15, 0.2) is 0 Å². The molecule has 0 fully saturated rings. The van der Waals surface area contributed by atoms with Crippen LogP contribution in [0.1, 0.15) is 20.7 Å². The van der Waals surface area contributed by atoms with Crippen molar-refractivity contribution in [1.82, 2.24) is 0 Å². The number of rotatable bonds is 2. The van der Waals surface area contributed by atoms with Gasteiger partial charge in [-0.05, 0) is 36.4 Å². The number of carbonyl (C=O) groups excluding carboxylic acids is 2. The molecule has 0 heterocycles. The van der Waals surface area contributed by atoms with Crippen molar-refractivity contribution in [3.05, 3.63) is 47.5 Å². The van der Waals surface area contributed by atoms with Gasteiger partial charge in [0.2, 0.25) is 0 Å². The van der Waals surface area contributed by atoms with Crippen molar-refractivity contribution in [1.29, 1.82) is 0 Å². The molecule has 0 aliphatic rings. The number of benzene rings is 2. The standard InChI is InChI=1S/C14H12N2O5/c15-7-1-3-11(17)9(5-7)13(19)21-14(20)10-6-8(16)2-4-12(10)18/h1-6,17-18H,15-16H2. The Labute approximate surface area is 119 Å². The minimum Gasteiger partial charge on any atom is -0.507 e. The van der Waals surface area contributed by atoms with E-state index in [2.05, 4.69) is 4.74 Å². The van der Waals surface area contributed by atoms with Gasteiger partial charge in [-0.25, -0.2) is 9.59 Å². The first-order valence-corrected chi connectivity index (χ1v) is 5.82. The van der Waals surface area contributed by atoms with E-state index < -0.39 is 11.9 Å². The van der Waals surface area contributed by atoms with Crippen LogP contribution in [0.15, 0.2) is 36.4 Å². The Hall–Kier alpha value is -3.22. The molecule has 6 N–H and O–H groups in total. The number of nitrogen functional groups attached to an aromatic ring is 2. The molecule has 0 atom stereocenters. The Morgan fingerprint density at radius 3 is 1.57 bits per heavy atom. The van der Waals surface area contributed by atoms with E-state index in [0.717, 1.165) is 0 Å². The smallest absolute Gasteiger partial charge is 0.349 e. The lowest BCUT2D eigenvalue weighted by molar-refractivity contribution is 0.0394. The summed E-state index contributed by atoms with van der Waals surface area (Å²) in [5.74, 6) is -2.93. The van der Waals surface area contributed by atoms with Crippen molar-refractivity contribution in [3.8, 4) is 11.5 Å². The Morgan fingerprint density at radius 1 is 0.810 bits per heavy atom. The molecule has 2 aromatic carbocycles. The highest BCUT2D eigenvalue weighted by Crippen LogP contribution is 2.24. The van der Waals surface area contributed by atoms with Crippen LogP contribution >= 0.6 is 0 Å². The van der Waals surface area contributed by atoms with Crippen LogP contribution in [0.5, 0.6) is 11.5 Å². The molecule has 0 aromatic heterocycles. The number of anilines is 2. The van der Waals surface area contributed by atoms with Gasteiger partial charge in [0, 0.05) is 11.4 Å². The van der Waals surface area contributed by atoms with E-state index in [4.69, 9.17) is 11.5 Å². The van der Waals surface area contributed by atoms with Crippen LogP contribution in [0.25, 0.3) is 0 Å². The minimum atomic E-state index is -1.09. The van der Waals surface area contributed by atoms with Gasteiger partial charge >= 0.3 is 11.9 Å². The molecule has 2 aromatic rings. The fourth-order valence-electron chi connectivity index (χ4n) is 1.63. The number of phenolic OH excluding ortho intramolecular Hbond substituents is 2. The Morgan fingerprint density at radius 2 is 1.19 bits per heavy atom. The molecule has 0 spiro atoms. The Bertz CT molecular complexity index is 666. The van der Waals surface area contributed by atoms with E-state index in [0.29, 0.717) is 0 Å². The maximum atomic E-state index is 11.8. The first kappa shape index (κ1) is 14.2. The van der Waals surface area contributed by atoms with Gasteiger partial charge in [0.25, 0.3) is 0 Å². The molecule has 108 valence electrons. The maximum Gasteiger partial charge on any atom is 0.349 e. The van der Waals surface area contributed by atoms with E-state index in [9.17, 15) is 19.8 Å². The van der Waals surface area contributed by atoms with Crippen LogP contribution in [-0.4, -0.2) is 22.2 Å². The highest BCUT2D eigenvalue weighted by atomic mass is 16.6. The largest absolute Gasteiger partial charge is 0.507 e. The van der Waals surface area contributed by atoms with Gasteiger partial charge in [0.1, 0.15) is 22.6 Å². The van der Waals surface area contributed by atoms with Gasteiger partial charge in [-0.2, -0.15) is 0 Å². The number of aromatic hydroxyl groups is 2. The third kappa shape index (κ3) is 3.03. The van der Waals surface area contributed by atoms with E-state index in [1.165, 1.54) is 36.4 Å². The minimum absolute atomic E-state index is 0.221. The van der Waals surface area contributed by atoms with Crippen molar-refractivity contribution in [3.63, 3.8) is 0 Å². The summed E-state index contributed by atoms with van der Waals surface area (Å²) in [6.07, 6.45) is 0. The van der Waals surface area contributed by atoms with E-state index >= 15 is 0 Å². The monoisotopic (exact) mass is 288 g/mol. The third-order valence-electron chi connectivity index (χ3n) is 2.67. The summed E-state index contributed by atoms with van der Waals surface area (Å²) in [5.41, 5.74) is 10.9. The third-order valence-corrected chi connectivity index (χ3v) is 2.67. The molecule has 7 heteroatoms. The molecule has 2 rings (SSSR count). The van der Waals surface area contributed by atoms with Gasteiger partial charge in [-0.1, -0.05) is 0 Å². The highest BCUT2D eigenvalue weighted by molar-refractivity contribution is 6.05. The second kappa shape index (κ2) is 5.41. The zero-order chi connectivity index (χ0) is 15.6. The van der Waals surface area contributed by atoms with Crippen molar-refractivity contribution < 1.29 is 24.5 Å². The first-order chi connectivity index (χ1) is 9.88. The molecule has 7 nitrogen and oxygen atoms in total. The van der Waals surface area contributed by atoms with E-state index in [1.54, 1.807) is 0 Å². The Balaban J connectivity index is 2.25. The molecule has 0 aliphatic carbocycles. The SMILES string of the molecule is Nc1ccc(O)c(C(=O)OC(=O)c2cc(N)ccc2O)c1. The predicted molar refractivity (Wildman–Crippen MR) is 74.8 cm³/mol. The normalized spacial score (nSPS) is 10.1. The average molecular weight is 288 g/mol. The average Bonchev–Trinajstić information content (AvgIpc) is 2.43. The summed E-state index contributed by atoms with van der Waals surface area (Å²) < 4.78 is 4.59. The van der Waals surface area contributed by atoms with Crippen LogP contribution in [-0.2, 0) is 4.74 Å². The van der Waals surface area contributed by atoms with Crippen molar-refractivity contribution in [2.45, 2.75) is 0 Å². The quantitative estimate of drug-likeness (QED) is 0.282. The summed E-state index contributed by atoms with van der Waals surface area (Å²) in [5, 5.41) is 19.1. The number of carbonyl (C=O) groups is 2. The number of phenols is 2. The number of esters is 2. The second-order valence-corrected chi connectivity index (χ2v) is 4.23. The van der Waals surface area contributed by atoms with E-state index in [-0.39, 0.29) is 34.0 Å². The molecule has 0 saturated carbocycles. The molecule has 0 aliphatic heterocycles. The van der Waals surface area contributed by atoms with Crippen molar-refractivity contribution in [2.75, 3.05) is 11.5 Å². The molecule has 0 saturated heterocycles. The number of nitrogens with two attached hydrogens (primary N) is 2. The van der Waals surface area contributed by atoms with Crippen LogP contribution in [0, 0.1) is 0 Å². The lowest BCUT2D eigenvalue weighted by Crippen LogP contribution is -2.13. The molecule has 0 radical (unpaired) electrons.